The molecular weight excluding hydrogens is 239 g/mol. The van der Waals surface area contributed by atoms with Gasteiger partial charge >= 0.3 is 5.88 Å². The van der Waals surface area contributed by atoms with Crippen LogP contribution in [0.1, 0.15) is 11.3 Å². The topological polar surface area (TPSA) is 68.3 Å². The average Bonchev–Trinajstić information content (AvgIpc) is 2.78. The zero-order chi connectivity index (χ0) is 13.0. The average molecular weight is 250 g/mol. The summed E-state index contributed by atoms with van der Waals surface area (Å²) in [5.74, 6) is -0.0985. The van der Waals surface area contributed by atoms with Crippen molar-refractivity contribution in [1.82, 2.24) is 5.32 Å². The fourth-order valence-electron chi connectivity index (χ4n) is 1.54. The number of nitrogens with one attached hydrogen (secondary N) is 1. The first kappa shape index (κ1) is 12.3. The minimum Gasteiger partial charge on any atom is -0.404 e. The molecule has 0 fully saturated rings. The van der Waals surface area contributed by atoms with Gasteiger partial charge in [-0.25, -0.2) is 4.39 Å². The lowest BCUT2D eigenvalue weighted by molar-refractivity contribution is -0.402. The highest BCUT2D eigenvalue weighted by Gasteiger charge is 2.11. The number of furan rings is 1. The van der Waals surface area contributed by atoms with Crippen molar-refractivity contribution in [1.29, 1.82) is 0 Å². The van der Waals surface area contributed by atoms with Crippen LogP contribution in [0, 0.1) is 15.9 Å². The van der Waals surface area contributed by atoms with Gasteiger partial charge in [-0.2, -0.15) is 0 Å². The Labute approximate surface area is 102 Å². The number of hydrogen-bond acceptors (Lipinski definition) is 4. The molecule has 1 heterocycles. The molecule has 94 valence electrons. The van der Waals surface area contributed by atoms with Crippen molar-refractivity contribution in [3.8, 4) is 0 Å². The van der Waals surface area contributed by atoms with Gasteiger partial charge in [0, 0.05) is 6.54 Å². The number of benzene rings is 1. The largest absolute Gasteiger partial charge is 0.433 e. The molecule has 0 aliphatic heterocycles. The molecular formula is C12H11FN2O3. The van der Waals surface area contributed by atoms with Crippen LogP contribution in [0.25, 0.3) is 0 Å². The van der Waals surface area contributed by atoms with E-state index < -0.39 is 4.92 Å². The third-order valence-corrected chi connectivity index (χ3v) is 2.34. The van der Waals surface area contributed by atoms with Crippen LogP contribution < -0.4 is 5.32 Å². The zero-order valence-corrected chi connectivity index (χ0v) is 9.43. The van der Waals surface area contributed by atoms with Gasteiger partial charge in [-0.15, -0.1) is 0 Å². The number of hydrogen-bond donors (Lipinski definition) is 1. The summed E-state index contributed by atoms with van der Waals surface area (Å²) in [4.78, 5) is 9.81. The fraction of sp³-hybridized carbons (Fsp3) is 0.167. The number of nitrogens with zero attached hydrogens (tertiary/aromatic N) is 1. The first-order valence-corrected chi connectivity index (χ1v) is 5.33. The lowest BCUT2D eigenvalue weighted by atomic mass is 10.2. The van der Waals surface area contributed by atoms with Gasteiger partial charge in [0.2, 0.25) is 0 Å². The molecule has 0 spiro atoms. The van der Waals surface area contributed by atoms with Crippen LogP contribution in [0.4, 0.5) is 10.3 Å². The van der Waals surface area contributed by atoms with Crippen molar-refractivity contribution >= 4 is 5.88 Å². The molecule has 0 amide bonds. The summed E-state index contributed by atoms with van der Waals surface area (Å²) in [5.41, 5.74) is 0.802. The van der Waals surface area contributed by atoms with Crippen LogP contribution >= 0.6 is 0 Å². The van der Waals surface area contributed by atoms with E-state index in [1.165, 1.54) is 24.3 Å². The second kappa shape index (κ2) is 5.42. The highest BCUT2D eigenvalue weighted by molar-refractivity contribution is 5.18. The van der Waals surface area contributed by atoms with E-state index in [0.29, 0.717) is 18.8 Å². The molecule has 0 unspecified atom stereocenters. The second-order valence-electron chi connectivity index (χ2n) is 3.73. The number of halogens is 1. The van der Waals surface area contributed by atoms with E-state index in [2.05, 4.69) is 5.32 Å². The van der Waals surface area contributed by atoms with E-state index in [1.54, 1.807) is 12.1 Å². The van der Waals surface area contributed by atoms with Gasteiger partial charge in [0.25, 0.3) is 0 Å². The van der Waals surface area contributed by atoms with Gasteiger partial charge in [0.05, 0.1) is 12.6 Å². The molecule has 5 nitrogen and oxygen atoms in total. The lowest BCUT2D eigenvalue weighted by Crippen LogP contribution is -2.12. The predicted molar refractivity (Wildman–Crippen MR) is 62.3 cm³/mol. The van der Waals surface area contributed by atoms with Gasteiger partial charge in [-0.3, -0.25) is 10.1 Å². The van der Waals surface area contributed by atoms with Crippen molar-refractivity contribution in [2.75, 3.05) is 0 Å². The molecule has 18 heavy (non-hydrogen) atoms. The third-order valence-electron chi connectivity index (χ3n) is 2.34. The first-order chi connectivity index (χ1) is 8.65. The van der Waals surface area contributed by atoms with Crippen molar-refractivity contribution in [2.45, 2.75) is 13.1 Å². The van der Waals surface area contributed by atoms with Crippen molar-refractivity contribution in [3.63, 3.8) is 0 Å². The molecule has 6 heteroatoms. The summed E-state index contributed by atoms with van der Waals surface area (Å²) in [5, 5.41) is 13.4. The summed E-state index contributed by atoms with van der Waals surface area (Å²) in [6.07, 6.45) is 0. The van der Waals surface area contributed by atoms with Crippen LogP contribution in [0.3, 0.4) is 0 Å². The lowest BCUT2D eigenvalue weighted by Gasteiger charge is -2.02. The van der Waals surface area contributed by atoms with Gasteiger partial charge in [-0.1, -0.05) is 12.1 Å². The quantitative estimate of drug-likeness (QED) is 0.654. The molecule has 0 atom stereocenters. The number of nitro groups is 1. The Kier molecular flexibility index (Phi) is 3.69. The van der Waals surface area contributed by atoms with E-state index in [1.807, 2.05) is 0 Å². The first-order valence-electron chi connectivity index (χ1n) is 5.33. The summed E-state index contributed by atoms with van der Waals surface area (Å²) < 4.78 is 17.9. The Bertz CT molecular complexity index is 554. The molecule has 0 saturated carbocycles. The van der Waals surface area contributed by atoms with Gasteiger partial charge in [0.15, 0.2) is 0 Å². The monoisotopic (exact) mass is 250 g/mol. The molecule has 0 saturated heterocycles. The smallest absolute Gasteiger partial charge is 0.404 e. The molecule has 1 N–H and O–H groups in total. The Morgan fingerprint density at radius 1 is 1.28 bits per heavy atom. The normalized spacial score (nSPS) is 10.5. The highest BCUT2D eigenvalue weighted by Crippen LogP contribution is 2.15. The molecule has 2 aromatic rings. The summed E-state index contributed by atoms with van der Waals surface area (Å²) in [7, 11) is 0. The van der Waals surface area contributed by atoms with Crippen molar-refractivity contribution < 1.29 is 13.7 Å². The van der Waals surface area contributed by atoms with Gasteiger partial charge < -0.3 is 9.73 Å². The fourth-order valence-corrected chi connectivity index (χ4v) is 1.54. The molecule has 0 aliphatic carbocycles. The molecule has 0 aliphatic rings. The van der Waals surface area contributed by atoms with E-state index in [4.69, 9.17) is 4.42 Å². The Morgan fingerprint density at radius 2 is 2.11 bits per heavy atom. The van der Waals surface area contributed by atoms with E-state index in [0.717, 1.165) is 5.56 Å². The minimum absolute atomic E-state index is 0.280. The standard InChI is InChI=1S/C12H11FN2O3/c13-10-3-1-2-9(6-10)7-14-8-11-4-5-12(18-11)15(16)17/h1-6,14H,7-8H2. The van der Waals surface area contributed by atoms with Crippen LogP contribution in [-0.4, -0.2) is 4.92 Å². The highest BCUT2D eigenvalue weighted by atomic mass is 19.1. The van der Waals surface area contributed by atoms with Crippen LogP contribution in [-0.2, 0) is 13.1 Å². The van der Waals surface area contributed by atoms with E-state index in [9.17, 15) is 14.5 Å². The molecule has 0 radical (unpaired) electrons. The maximum absolute atomic E-state index is 12.9. The molecule has 2 rings (SSSR count). The minimum atomic E-state index is -0.587. The third kappa shape index (κ3) is 3.14. The maximum Gasteiger partial charge on any atom is 0.433 e. The van der Waals surface area contributed by atoms with Crippen LogP contribution in [0.15, 0.2) is 40.8 Å². The van der Waals surface area contributed by atoms with Crippen LogP contribution in [0.5, 0.6) is 0 Å². The van der Waals surface area contributed by atoms with Crippen molar-refractivity contribution in [3.05, 3.63) is 63.7 Å². The van der Waals surface area contributed by atoms with Gasteiger partial charge in [0.1, 0.15) is 16.5 Å². The second-order valence-corrected chi connectivity index (χ2v) is 3.73. The number of rotatable bonds is 5. The van der Waals surface area contributed by atoms with Crippen molar-refractivity contribution in [2.24, 2.45) is 0 Å². The van der Waals surface area contributed by atoms with E-state index in [-0.39, 0.29) is 11.7 Å². The van der Waals surface area contributed by atoms with E-state index >= 15 is 0 Å². The molecule has 0 bridgehead atoms. The molecule has 1 aromatic carbocycles. The van der Waals surface area contributed by atoms with Gasteiger partial charge in [-0.05, 0) is 23.8 Å². The predicted octanol–water partition coefficient (Wildman–Crippen LogP) is 2.62. The Morgan fingerprint density at radius 3 is 2.78 bits per heavy atom. The zero-order valence-electron chi connectivity index (χ0n) is 9.43. The molecule has 1 aromatic heterocycles. The maximum atomic E-state index is 12.9. The summed E-state index contributed by atoms with van der Waals surface area (Å²) in [6, 6.07) is 9.07. The Balaban J connectivity index is 1.86. The Hall–Kier alpha value is -2.21. The van der Waals surface area contributed by atoms with Crippen LogP contribution in [0.2, 0.25) is 0 Å². The summed E-state index contributed by atoms with van der Waals surface area (Å²) in [6.45, 7) is 0.816. The summed E-state index contributed by atoms with van der Waals surface area (Å²) >= 11 is 0. The SMILES string of the molecule is O=[N+]([O-])c1ccc(CNCc2cccc(F)c2)o1.